The minimum Gasteiger partial charge on any atom is -0.351 e. The number of aryl methyl sites for hydroxylation is 2. The van der Waals surface area contributed by atoms with Gasteiger partial charge in [0.1, 0.15) is 11.6 Å². The number of hydrogen-bond acceptors (Lipinski definition) is 6. The van der Waals surface area contributed by atoms with Crippen LogP contribution in [0.1, 0.15) is 28.8 Å². The van der Waals surface area contributed by atoms with Crippen molar-refractivity contribution in [3.8, 4) is 6.07 Å². The average molecular weight is 390 g/mol. The Kier molecular flexibility index (Phi) is 5.45. The standard InChI is InChI=1S/C22H26N6O/c1-16-17(2)24-25-22(19(16)14-23)27-12-10-26(11-13-27)15-21(29)28-9-5-7-18-6-3-4-8-20(18)28/h3-4,6,8H,5,7,9-13,15H2,1-2H3. The van der Waals surface area contributed by atoms with Crippen molar-refractivity contribution in [1.82, 2.24) is 15.1 Å². The number of hydrogen-bond donors (Lipinski definition) is 0. The molecule has 0 spiro atoms. The van der Waals surface area contributed by atoms with Crippen LogP contribution in [0.4, 0.5) is 11.5 Å². The van der Waals surface area contributed by atoms with Crippen molar-refractivity contribution in [3.63, 3.8) is 0 Å². The van der Waals surface area contributed by atoms with E-state index in [1.165, 1.54) is 5.56 Å². The van der Waals surface area contributed by atoms with Crippen molar-refractivity contribution in [2.24, 2.45) is 0 Å². The van der Waals surface area contributed by atoms with Gasteiger partial charge in [-0.3, -0.25) is 9.69 Å². The maximum absolute atomic E-state index is 13.0. The number of amides is 1. The molecular formula is C22H26N6O. The smallest absolute Gasteiger partial charge is 0.241 e. The zero-order chi connectivity index (χ0) is 20.4. The van der Waals surface area contributed by atoms with Crippen LogP contribution in [0, 0.1) is 25.2 Å². The van der Waals surface area contributed by atoms with Gasteiger partial charge in [0.25, 0.3) is 0 Å². The highest BCUT2D eigenvalue weighted by Gasteiger charge is 2.27. The molecule has 4 rings (SSSR count). The largest absolute Gasteiger partial charge is 0.351 e. The Balaban J connectivity index is 1.40. The third-order valence-electron chi connectivity index (χ3n) is 5.99. The second-order valence-electron chi connectivity index (χ2n) is 7.76. The molecule has 150 valence electrons. The number of aromatic nitrogens is 2. The summed E-state index contributed by atoms with van der Waals surface area (Å²) in [6.07, 6.45) is 2.05. The molecule has 0 N–H and O–H groups in total. The molecule has 2 aliphatic rings. The second-order valence-corrected chi connectivity index (χ2v) is 7.76. The lowest BCUT2D eigenvalue weighted by molar-refractivity contribution is -0.119. The van der Waals surface area contributed by atoms with Crippen LogP contribution >= 0.6 is 0 Å². The van der Waals surface area contributed by atoms with Gasteiger partial charge in [0.05, 0.1) is 12.2 Å². The van der Waals surface area contributed by atoms with E-state index in [9.17, 15) is 10.1 Å². The predicted octanol–water partition coefficient (Wildman–Crippen LogP) is 2.07. The molecule has 0 radical (unpaired) electrons. The quantitative estimate of drug-likeness (QED) is 0.799. The van der Waals surface area contributed by atoms with Gasteiger partial charge in [-0.15, -0.1) is 5.10 Å². The lowest BCUT2D eigenvalue weighted by Gasteiger charge is -2.37. The number of fused-ring (bicyclic) bond motifs is 1. The Morgan fingerprint density at radius 3 is 2.62 bits per heavy atom. The van der Waals surface area contributed by atoms with Gasteiger partial charge in [0.15, 0.2) is 5.82 Å². The molecule has 1 amide bonds. The van der Waals surface area contributed by atoms with Crippen molar-refractivity contribution >= 4 is 17.4 Å². The van der Waals surface area contributed by atoms with E-state index >= 15 is 0 Å². The minimum absolute atomic E-state index is 0.161. The highest BCUT2D eigenvalue weighted by atomic mass is 16.2. The zero-order valence-corrected chi connectivity index (χ0v) is 17.1. The molecule has 7 heteroatoms. The average Bonchev–Trinajstić information content (AvgIpc) is 2.75. The van der Waals surface area contributed by atoms with Crippen molar-refractivity contribution in [2.75, 3.05) is 49.1 Å². The monoisotopic (exact) mass is 390 g/mol. The number of piperazine rings is 1. The molecule has 29 heavy (non-hydrogen) atoms. The van der Waals surface area contributed by atoms with Crippen molar-refractivity contribution in [1.29, 1.82) is 5.26 Å². The Hall–Kier alpha value is -2.98. The molecule has 3 heterocycles. The molecule has 0 saturated carbocycles. The van der Waals surface area contributed by atoms with E-state index < -0.39 is 0 Å². The fourth-order valence-electron chi connectivity index (χ4n) is 4.14. The summed E-state index contributed by atoms with van der Waals surface area (Å²) in [6, 6.07) is 10.5. The van der Waals surface area contributed by atoms with Gasteiger partial charge >= 0.3 is 0 Å². The third kappa shape index (κ3) is 3.81. The summed E-state index contributed by atoms with van der Waals surface area (Å²) < 4.78 is 0. The van der Waals surface area contributed by atoms with E-state index in [0.29, 0.717) is 17.9 Å². The number of carbonyl (C=O) groups is 1. The van der Waals surface area contributed by atoms with E-state index in [4.69, 9.17) is 0 Å². The maximum Gasteiger partial charge on any atom is 0.241 e. The van der Waals surface area contributed by atoms with Crippen LogP contribution in [-0.4, -0.2) is 60.3 Å². The minimum atomic E-state index is 0.161. The first kappa shape index (κ1) is 19.3. The van der Waals surface area contributed by atoms with Gasteiger partial charge in [-0.2, -0.15) is 10.4 Å². The summed E-state index contributed by atoms with van der Waals surface area (Å²) in [5.74, 6) is 0.820. The predicted molar refractivity (Wildman–Crippen MR) is 112 cm³/mol. The van der Waals surface area contributed by atoms with Crippen LogP contribution in [0.15, 0.2) is 24.3 Å². The molecule has 2 aliphatic heterocycles. The van der Waals surface area contributed by atoms with Gasteiger partial charge in [-0.25, -0.2) is 0 Å². The lowest BCUT2D eigenvalue weighted by Crippen LogP contribution is -2.51. The molecule has 1 saturated heterocycles. The molecule has 1 fully saturated rings. The molecule has 0 aliphatic carbocycles. The fraction of sp³-hybridized carbons (Fsp3) is 0.455. The maximum atomic E-state index is 13.0. The highest BCUT2D eigenvalue weighted by Crippen LogP contribution is 2.27. The zero-order valence-electron chi connectivity index (χ0n) is 17.1. The molecule has 0 unspecified atom stereocenters. The van der Waals surface area contributed by atoms with E-state index in [0.717, 1.165) is 62.5 Å². The Morgan fingerprint density at radius 1 is 1.10 bits per heavy atom. The van der Waals surface area contributed by atoms with Crippen molar-refractivity contribution < 1.29 is 4.79 Å². The van der Waals surface area contributed by atoms with Crippen LogP contribution in [0.3, 0.4) is 0 Å². The highest BCUT2D eigenvalue weighted by molar-refractivity contribution is 5.96. The SMILES string of the molecule is Cc1nnc(N2CCN(CC(=O)N3CCCc4ccccc43)CC2)c(C#N)c1C. The lowest BCUT2D eigenvalue weighted by atomic mass is 10.0. The van der Waals surface area contributed by atoms with Crippen LogP contribution < -0.4 is 9.80 Å². The first-order valence-corrected chi connectivity index (χ1v) is 10.2. The van der Waals surface area contributed by atoms with Gasteiger partial charge in [-0.05, 0) is 43.9 Å². The number of benzene rings is 1. The Morgan fingerprint density at radius 2 is 1.86 bits per heavy atom. The summed E-state index contributed by atoms with van der Waals surface area (Å²) in [4.78, 5) is 19.2. The van der Waals surface area contributed by atoms with E-state index in [-0.39, 0.29) is 5.91 Å². The number of carbonyl (C=O) groups excluding carboxylic acids is 1. The second kappa shape index (κ2) is 8.18. The summed E-state index contributed by atoms with van der Waals surface area (Å²) in [6.45, 7) is 7.99. The summed E-state index contributed by atoms with van der Waals surface area (Å²) in [5, 5.41) is 18.0. The van der Waals surface area contributed by atoms with Crippen molar-refractivity contribution in [3.05, 3.63) is 46.6 Å². The van der Waals surface area contributed by atoms with E-state index in [1.807, 2.05) is 36.9 Å². The topological polar surface area (TPSA) is 76.4 Å². The fourth-order valence-corrected chi connectivity index (χ4v) is 4.14. The Bertz CT molecular complexity index is 958. The molecule has 1 aromatic carbocycles. The molecule has 0 bridgehead atoms. The Labute approximate surface area is 171 Å². The van der Waals surface area contributed by atoms with Crippen LogP contribution in [-0.2, 0) is 11.2 Å². The number of rotatable bonds is 3. The number of para-hydroxylation sites is 1. The van der Waals surface area contributed by atoms with Gasteiger partial charge in [-0.1, -0.05) is 18.2 Å². The van der Waals surface area contributed by atoms with Gasteiger partial charge in [0, 0.05) is 38.4 Å². The van der Waals surface area contributed by atoms with Crippen molar-refractivity contribution in [2.45, 2.75) is 26.7 Å². The van der Waals surface area contributed by atoms with Gasteiger partial charge in [0.2, 0.25) is 5.91 Å². The summed E-state index contributed by atoms with van der Waals surface area (Å²) >= 11 is 0. The van der Waals surface area contributed by atoms with E-state index in [1.54, 1.807) is 0 Å². The number of anilines is 2. The summed E-state index contributed by atoms with van der Waals surface area (Å²) in [5.41, 5.74) is 4.60. The van der Waals surface area contributed by atoms with Crippen LogP contribution in [0.5, 0.6) is 0 Å². The summed E-state index contributed by atoms with van der Waals surface area (Å²) in [7, 11) is 0. The van der Waals surface area contributed by atoms with Crippen LogP contribution in [0.25, 0.3) is 0 Å². The third-order valence-corrected chi connectivity index (χ3v) is 5.99. The molecule has 2 aromatic rings. The first-order chi connectivity index (χ1) is 14.1. The number of nitriles is 1. The molecule has 1 aromatic heterocycles. The molecule has 7 nitrogen and oxygen atoms in total. The first-order valence-electron chi connectivity index (χ1n) is 10.2. The van der Waals surface area contributed by atoms with Gasteiger partial charge < -0.3 is 9.80 Å². The van der Waals surface area contributed by atoms with E-state index in [2.05, 4.69) is 32.1 Å². The number of nitrogens with zero attached hydrogens (tertiary/aromatic N) is 6. The molecular weight excluding hydrogens is 364 g/mol. The molecule has 0 atom stereocenters. The normalized spacial score (nSPS) is 17.0. The van der Waals surface area contributed by atoms with Crippen LogP contribution in [0.2, 0.25) is 0 Å².